The molecule has 0 aromatic carbocycles. The molecule has 0 bridgehead atoms. The molecule has 0 saturated heterocycles. The minimum Gasteiger partial charge on any atom is -0.0654 e. The van der Waals surface area contributed by atoms with E-state index in [9.17, 15) is 0 Å². The Labute approximate surface area is 97.8 Å². The van der Waals surface area contributed by atoms with E-state index in [2.05, 4.69) is 41.5 Å². The lowest BCUT2D eigenvalue weighted by Gasteiger charge is -2.38. The highest BCUT2D eigenvalue weighted by Gasteiger charge is 2.31. The standard InChI is InChI=1S/C15H32/c1-7-11-12-13(8-2)14(9-3)15(5,6)10-4/h13-14H,7-12H2,1-6H3. The van der Waals surface area contributed by atoms with Crippen LogP contribution in [0.5, 0.6) is 0 Å². The van der Waals surface area contributed by atoms with E-state index in [0.29, 0.717) is 5.41 Å². The Balaban J connectivity index is 4.45. The normalized spacial score (nSPS) is 16.4. The van der Waals surface area contributed by atoms with Crippen LogP contribution in [0.1, 0.15) is 80.1 Å². The van der Waals surface area contributed by atoms with Gasteiger partial charge in [0, 0.05) is 0 Å². The van der Waals surface area contributed by atoms with Gasteiger partial charge in [0.1, 0.15) is 0 Å². The fraction of sp³-hybridized carbons (Fsp3) is 1.00. The van der Waals surface area contributed by atoms with Gasteiger partial charge < -0.3 is 0 Å². The lowest BCUT2D eigenvalue weighted by molar-refractivity contribution is 0.115. The van der Waals surface area contributed by atoms with Crippen LogP contribution in [0.15, 0.2) is 0 Å². The summed E-state index contributed by atoms with van der Waals surface area (Å²) in [5.74, 6) is 1.86. The van der Waals surface area contributed by atoms with Gasteiger partial charge in [-0.15, -0.1) is 0 Å². The predicted molar refractivity (Wildman–Crippen MR) is 71.2 cm³/mol. The van der Waals surface area contributed by atoms with Crippen LogP contribution in [0.2, 0.25) is 0 Å². The van der Waals surface area contributed by atoms with Crippen molar-refractivity contribution in [3.63, 3.8) is 0 Å². The van der Waals surface area contributed by atoms with Crippen molar-refractivity contribution >= 4 is 0 Å². The SMILES string of the molecule is CCCCC(CC)C(CC)C(C)(C)CC. The van der Waals surface area contributed by atoms with Gasteiger partial charge in [-0.1, -0.05) is 80.1 Å². The molecule has 0 aromatic heterocycles. The summed E-state index contributed by atoms with van der Waals surface area (Å²) in [6.07, 6.45) is 8.22. The van der Waals surface area contributed by atoms with Crippen molar-refractivity contribution in [2.45, 2.75) is 80.1 Å². The maximum atomic E-state index is 2.45. The molecular formula is C15H32. The number of unbranched alkanes of at least 4 members (excludes halogenated alkanes) is 1. The third kappa shape index (κ3) is 4.57. The Hall–Kier alpha value is 0. The minimum absolute atomic E-state index is 0.531. The van der Waals surface area contributed by atoms with Gasteiger partial charge in [-0.25, -0.2) is 0 Å². The average molecular weight is 212 g/mol. The van der Waals surface area contributed by atoms with Crippen molar-refractivity contribution in [2.75, 3.05) is 0 Å². The quantitative estimate of drug-likeness (QED) is 0.486. The first kappa shape index (κ1) is 15.0. The van der Waals surface area contributed by atoms with Gasteiger partial charge in [0.05, 0.1) is 0 Å². The highest BCUT2D eigenvalue weighted by Crippen LogP contribution is 2.41. The lowest BCUT2D eigenvalue weighted by Crippen LogP contribution is -2.29. The van der Waals surface area contributed by atoms with E-state index in [1.807, 2.05) is 0 Å². The summed E-state index contributed by atoms with van der Waals surface area (Å²) < 4.78 is 0. The van der Waals surface area contributed by atoms with Crippen LogP contribution < -0.4 is 0 Å². The highest BCUT2D eigenvalue weighted by molar-refractivity contribution is 4.81. The maximum absolute atomic E-state index is 2.45. The van der Waals surface area contributed by atoms with Crippen LogP contribution in [-0.4, -0.2) is 0 Å². The van der Waals surface area contributed by atoms with Crippen molar-refractivity contribution in [2.24, 2.45) is 17.3 Å². The fourth-order valence-electron chi connectivity index (χ4n) is 2.94. The Morgan fingerprint density at radius 2 is 1.53 bits per heavy atom. The highest BCUT2D eigenvalue weighted by atomic mass is 14.4. The maximum Gasteiger partial charge on any atom is -0.0326 e. The summed E-state index contributed by atoms with van der Waals surface area (Å²) in [5, 5.41) is 0. The van der Waals surface area contributed by atoms with Gasteiger partial charge >= 0.3 is 0 Å². The van der Waals surface area contributed by atoms with E-state index in [4.69, 9.17) is 0 Å². The molecule has 2 atom stereocenters. The molecule has 15 heavy (non-hydrogen) atoms. The molecule has 0 saturated carbocycles. The first-order chi connectivity index (χ1) is 7.03. The molecule has 0 aromatic rings. The van der Waals surface area contributed by atoms with Gasteiger partial charge in [0.2, 0.25) is 0 Å². The van der Waals surface area contributed by atoms with Crippen LogP contribution in [0.4, 0.5) is 0 Å². The lowest BCUT2D eigenvalue weighted by atomic mass is 9.67. The summed E-state index contributed by atoms with van der Waals surface area (Å²) in [7, 11) is 0. The third-order valence-electron chi connectivity index (χ3n) is 4.38. The first-order valence-electron chi connectivity index (χ1n) is 7.03. The zero-order valence-corrected chi connectivity index (χ0v) is 11.9. The molecule has 2 unspecified atom stereocenters. The zero-order chi connectivity index (χ0) is 11.9. The van der Waals surface area contributed by atoms with Crippen molar-refractivity contribution in [3.05, 3.63) is 0 Å². The summed E-state index contributed by atoms with van der Waals surface area (Å²) in [4.78, 5) is 0. The van der Waals surface area contributed by atoms with Gasteiger partial charge in [-0.3, -0.25) is 0 Å². The second-order valence-electron chi connectivity index (χ2n) is 5.67. The molecule has 0 N–H and O–H groups in total. The molecule has 0 aliphatic rings. The number of hydrogen-bond acceptors (Lipinski definition) is 0. The number of rotatable bonds is 8. The summed E-state index contributed by atoms with van der Waals surface area (Å²) in [5.41, 5.74) is 0.531. The van der Waals surface area contributed by atoms with E-state index in [1.165, 1.54) is 38.5 Å². The second-order valence-corrected chi connectivity index (χ2v) is 5.67. The van der Waals surface area contributed by atoms with E-state index in [-0.39, 0.29) is 0 Å². The van der Waals surface area contributed by atoms with E-state index in [1.54, 1.807) is 0 Å². The van der Waals surface area contributed by atoms with Crippen molar-refractivity contribution in [3.8, 4) is 0 Å². The monoisotopic (exact) mass is 212 g/mol. The molecule has 0 nitrogen and oxygen atoms in total. The predicted octanol–water partition coefficient (Wildman–Crippen LogP) is 5.67. The Morgan fingerprint density at radius 1 is 0.933 bits per heavy atom. The number of hydrogen-bond donors (Lipinski definition) is 0. The molecule has 0 fully saturated rings. The second kappa shape index (κ2) is 7.30. The van der Waals surface area contributed by atoms with Crippen LogP contribution >= 0.6 is 0 Å². The van der Waals surface area contributed by atoms with E-state index < -0.39 is 0 Å². The molecular weight excluding hydrogens is 180 g/mol. The van der Waals surface area contributed by atoms with Crippen LogP contribution in [0.3, 0.4) is 0 Å². The molecule has 0 amide bonds. The molecule has 0 spiro atoms. The molecule has 0 aliphatic carbocycles. The third-order valence-corrected chi connectivity index (χ3v) is 4.38. The Morgan fingerprint density at radius 3 is 1.87 bits per heavy atom. The van der Waals surface area contributed by atoms with Crippen molar-refractivity contribution < 1.29 is 0 Å². The molecule has 0 aliphatic heterocycles. The molecule has 0 rings (SSSR count). The Bertz CT molecular complexity index is 146. The molecule has 92 valence electrons. The van der Waals surface area contributed by atoms with Crippen molar-refractivity contribution in [1.29, 1.82) is 0 Å². The minimum atomic E-state index is 0.531. The Kier molecular flexibility index (Phi) is 7.30. The van der Waals surface area contributed by atoms with Gasteiger partial charge in [-0.05, 0) is 17.3 Å². The topological polar surface area (TPSA) is 0 Å². The average Bonchev–Trinajstić information content (AvgIpc) is 2.23. The molecule has 0 heteroatoms. The van der Waals surface area contributed by atoms with E-state index >= 15 is 0 Å². The van der Waals surface area contributed by atoms with Gasteiger partial charge in [-0.2, -0.15) is 0 Å². The molecule has 0 radical (unpaired) electrons. The largest absolute Gasteiger partial charge is 0.0654 e. The zero-order valence-electron chi connectivity index (χ0n) is 11.9. The van der Waals surface area contributed by atoms with Crippen LogP contribution in [0, 0.1) is 17.3 Å². The first-order valence-corrected chi connectivity index (χ1v) is 7.03. The summed E-state index contributed by atoms with van der Waals surface area (Å²) in [6.45, 7) is 14.3. The summed E-state index contributed by atoms with van der Waals surface area (Å²) in [6, 6.07) is 0. The van der Waals surface area contributed by atoms with Crippen LogP contribution in [-0.2, 0) is 0 Å². The van der Waals surface area contributed by atoms with Crippen molar-refractivity contribution in [1.82, 2.24) is 0 Å². The molecule has 0 heterocycles. The summed E-state index contributed by atoms with van der Waals surface area (Å²) >= 11 is 0. The fourth-order valence-corrected chi connectivity index (χ4v) is 2.94. The van der Waals surface area contributed by atoms with Gasteiger partial charge in [0.25, 0.3) is 0 Å². The van der Waals surface area contributed by atoms with E-state index in [0.717, 1.165) is 11.8 Å². The van der Waals surface area contributed by atoms with Gasteiger partial charge in [0.15, 0.2) is 0 Å². The van der Waals surface area contributed by atoms with Crippen LogP contribution in [0.25, 0.3) is 0 Å². The smallest absolute Gasteiger partial charge is 0.0326 e.